The molecule has 3 heteroatoms. The molecule has 0 aliphatic carbocycles. The first-order valence-corrected chi connectivity index (χ1v) is 6.15. The molecule has 0 fully saturated rings. The van der Waals surface area contributed by atoms with Gasteiger partial charge in [-0.05, 0) is 44.8 Å². The summed E-state index contributed by atoms with van der Waals surface area (Å²) in [6.45, 7) is 4.20. The first-order valence-electron chi connectivity index (χ1n) is 5.77. The SMILES string of the molecule is CCCNC(CN(C)C)c1cccc(Cl)c1. The van der Waals surface area contributed by atoms with E-state index in [4.69, 9.17) is 11.6 Å². The Kier molecular flexibility index (Phi) is 5.81. The molecule has 2 nitrogen and oxygen atoms in total. The monoisotopic (exact) mass is 240 g/mol. The van der Waals surface area contributed by atoms with Crippen LogP contribution in [0.2, 0.25) is 5.02 Å². The summed E-state index contributed by atoms with van der Waals surface area (Å²) in [5.41, 5.74) is 1.26. The Balaban J connectivity index is 2.74. The van der Waals surface area contributed by atoms with Gasteiger partial charge in [-0.25, -0.2) is 0 Å². The Morgan fingerprint density at radius 1 is 1.38 bits per heavy atom. The normalized spacial score (nSPS) is 13.1. The van der Waals surface area contributed by atoms with E-state index in [-0.39, 0.29) is 0 Å². The molecule has 1 aromatic rings. The molecule has 0 spiro atoms. The predicted octanol–water partition coefficient (Wildman–Crippen LogP) is 2.94. The van der Waals surface area contributed by atoms with Gasteiger partial charge >= 0.3 is 0 Å². The largest absolute Gasteiger partial charge is 0.309 e. The van der Waals surface area contributed by atoms with Gasteiger partial charge in [0.1, 0.15) is 0 Å². The topological polar surface area (TPSA) is 15.3 Å². The zero-order chi connectivity index (χ0) is 12.0. The highest BCUT2D eigenvalue weighted by Gasteiger charge is 2.11. The maximum Gasteiger partial charge on any atom is 0.0449 e. The second-order valence-corrected chi connectivity index (χ2v) is 4.76. The number of nitrogens with one attached hydrogen (secondary N) is 1. The van der Waals surface area contributed by atoms with E-state index >= 15 is 0 Å². The molecule has 1 unspecified atom stereocenters. The Bertz CT molecular complexity index is 313. The molecule has 0 heterocycles. The van der Waals surface area contributed by atoms with Crippen molar-refractivity contribution in [1.29, 1.82) is 0 Å². The van der Waals surface area contributed by atoms with Crippen LogP contribution in [0.5, 0.6) is 0 Å². The van der Waals surface area contributed by atoms with E-state index in [2.05, 4.69) is 37.3 Å². The zero-order valence-corrected chi connectivity index (χ0v) is 11.1. The zero-order valence-electron chi connectivity index (χ0n) is 10.3. The molecule has 1 atom stereocenters. The fraction of sp³-hybridized carbons (Fsp3) is 0.538. The number of halogens is 1. The second-order valence-electron chi connectivity index (χ2n) is 4.32. The molecule has 0 saturated heterocycles. The van der Waals surface area contributed by atoms with Crippen molar-refractivity contribution in [3.05, 3.63) is 34.9 Å². The number of benzene rings is 1. The lowest BCUT2D eigenvalue weighted by Crippen LogP contribution is -2.31. The smallest absolute Gasteiger partial charge is 0.0449 e. The Morgan fingerprint density at radius 3 is 2.69 bits per heavy atom. The lowest BCUT2D eigenvalue weighted by molar-refractivity contribution is 0.342. The highest BCUT2D eigenvalue weighted by Crippen LogP contribution is 2.18. The van der Waals surface area contributed by atoms with E-state index in [1.807, 2.05) is 18.2 Å². The van der Waals surface area contributed by atoms with Crippen LogP contribution in [0.25, 0.3) is 0 Å². The molecule has 1 N–H and O–H groups in total. The minimum atomic E-state index is 0.355. The third-order valence-electron chi connectivity index (χ3n) is 2.44. The Labute approximate surface area is 104 Å². The summed E-state index contributed by atoms with van der Waals surface area (Å²) in [5.74, 6) is 0. The van der Waals surface area contributed by atoms with Crippen LogP contribution in [0.3, 0.4) is 0 Å². The van der Waals surface area contributed by atoms with Gasteiger partial charge in [0, 0.05) is 17.6 Å². The summed E-state index contributed by atoms with van der Waals surface area (Å²) in [7, 11) is 4.18. The number of rotatable bonds is 6. The summed E-state index contributed by atoms with van der Waals surface area (Å²) in [4.78, 5) is 2.19. The molecule has 0 aromatic heterocycles. The highest BCUT2D eigenvalue weighted by molar-refractivity contribution is 6.30. The van der Waals surface area contributed by atoms with E-state index in [0.717, 1.165) is 24.5 Å². The van der Waals surface area contributed by atoms with Gasteiger partial charge in [-0.1, -0.05) is 30.7 Å². The van der Waals surface area contributed by atoms with Crippen molar-refractivity contribution in [2.75, 3.05) is 27.2 Å². The van der Waals surface area contributed by atoms with Crippen molar-refractivity contribution in [3.63, 3.8) is 0 Å². The molecule has 0 aliphatic heterocycles. The van der Waals surface area contributed by atoms with E-state index in [1.165, 1.54) is 5.56 Å². The predicted molar refractivity (Wildman–Crippen MR) is 71.0 cm³/mol. The first kappa shape index (κ1) is 13.5. The molecule has 0 saturated carbocycles. The summed E-state index contributed by atoms with van der Waals surface area (Å²) < 4.78 is 0. The van der Waals surface area contributed by atoms with Gasteiger partial charge in [0.05, 0.1) is 0 Å². The average molecular weight is 241 g/mol. The summed E-state index contributed by atoms with van der Waals surface area (Å²) in [5, 5.41) is 4.35. The van der Waals surface area contributed by atoms with Gasteiger partial charge in [0.25, 0.3) is 0 Å². The van der Waals surface area contributed by atoms with Crippen LogP contribution in [0.4, 0.5) is 0 Å². The van der Waals surface area contributed by atoms with Crippen LogP contribution in [-0.4, -0.2) is 32.1 Å². The lowest BCUT2D eigenvalue weighted by atomic mass is 10.1. The molecule has 1 rings (SSSR count). The molecular formula is C13H21ClN2. The number of nitrogens with zero attached hydrogens (tertiary/aromatic N) is 1. The number of likely N-dealkylation sites (N-methyl/N-ethyl adjacent to an activating group) is 1. The van der Waals surface area contributed by atoms with Crippen molar-refractivity contribution in [3.8, 4) is 0 Å². The maximum absolute atomic E-state index is 6.02. The second kappa shape index (κ2) is 6.89. The van der Waals surface area contributed by atoms with Gasteiger partial charge in [-0.3, -0.25) is 0 Å². The maximum atomic E-state index is 6.02. The lowest BCUT2D eigenvalue weighted by Gasteiger charge is -2.22. The van der Waals surface area contributed by atoms with Gasteiger partial charge in [0.2, 0.25) is 0 Å². The van der Waals surface area contributed by atoms with Crippen molar-refractivity contribution in [1.82, 2.24) is 10.2 Å². The van der Waals surface area contributed by atoms with Gasteiger partial charge < -0.3 is 10.2 Å². The van der Waals surface area contributed by atoms with E-state index in [1.54, 1.807) is 0 Å². The summed E-state index contributed by atoms with van der Waals surface area (Å²) in [6.07, 6.45) is 1.14. The Morgan fingerprint density at radius 2 is 2.12 bits per heavy atom. The van der Waals surface area contributed by atoms with Gasteiger partial charge in [-0.15, -0.1) is 0 Å². The molecule has 0 radical (unpaired) electrons. The molecule has 0 bridgehead atoms. The van der Waals surface area contributed by atoms with Gasteiger partial charge in [0.15, 0.2) is 0 Å². The molecule has 90 valence electrons. The van der Waals surface area contributed by atoms with Crippen LogP contribution in [0, 0.1) is 0 Å². The number of hydrogen-bond donors (Lipinski definition) is 1. The van der Waals surface area contributed by atoms with Gasteiger partial charge in [-0.2, -0.15) is 0 Å². The molecule has 16 heavy (non-hydrogen) atoms. The average Bonchev–Trinajstić information content (AvgIpc) is 2.23. The Hall–Kier alpha value is -0.570. The van der Waals surface area contributed by atoms with Crippen LogP contribution >= 0.6 is 11.6 Å². The number of hydrogen-bond acceptors (Lipinski definition) is 2. The van der Waals surface area contributed by atoms with E-state index in [9.17, 15) is 0 Å². The fourth-order valence-electron chi connectivity index (χ4n) is 1.69. The van der Waals surface area contributed by atoms with Crippen LogP contribution in [0.15, 0.2) is 24.3 Å². The van der Waals surface area contributed by atoms with Crippen LogP contribution in [-0.2, 0) is 0 Å². The molecule has 0 amide bonds. The van der Waals surface area contributed by atoms with Crippen molar-refractivity contribution < 1.29 is 0 Å². The third-order valence-corrected chi connectivity index (χ3v) is 2.67. The quantitative estimate of drug-likeness (QED) is 0.823. The molecular weight excluding hydrogens is 220 g/mol. The van der Waals surface area contributed by atoms with E-state index in [0.29, 0.717) is 6.04 Å². The summed E-state index contributed by atoms with van der Waals surface area (Å²) in [6, 6.07) is 8.45. The van der Waals surface area contributed by atoms with E-state index < -0.39 is 0 Å². The minimum Gasteiger partial charge on any atom is -0.309 e. The highest BCUT2D eigenvalue weighted by atomic mass is 35.5. The molecule has 1 aromatic carbocycles. The summed E-state index contributed by atoms with van der Waals surface area (Å²) >= 11 is 6.02. The first-order chi connectivity index (χ1) is 7.63. The molecule has 0 aliphatic rings. The van der Waals surface area contributed by atoms with Crippen molar-refractivity contribution in [2.24, 2.45) is 0 Å². The fourth-order valence-corrected chi connectivity index (χ4v) is 1.89. The van der Waals surface area contributed by atoms with Crippen LogP contribution < -0.4 is 5.32 Å². The minimum absolute atomic E-state index is 0.355. The van der Waals surface area contributed by atoms with Crippen molar-refractivity contribution >= 4 is 11.6 Å². The standard InChI is InChI=1S/C13H21ClN2/c1-4-8-15-13(10-16(2)3)11-6-5-7-12(14)9-11/h5-7,9,13,15H,4,8,10H2,1-3H3. The third kappa shape index (κ3) is 4.52. The van der Waals surface area contributed by atoms with Crippen LogP contribution in [0.1, 0.15) is 24.9 Å². The van der Waals surface area contributed by atoms with Crippen molar-refractivity contribution in [2.45, 2.75) is 19.4 Å².